The number of nitrogens with zero attached hydrogens (tertiary/aromatic N) is 3. The Morgan fingerprint density at radius 2 is 2.00 bits per heavy atom. The van der Waals surface area contributed by atoms with Crippen LogP contribution in [0.3, 0.4) is 0 Å². The third-order valence-electron chi connectivity index (χ3n) is 6.99. The molecule has 3 heterocycles. The van der Waals surface area contributed by atoms with Crippen molar-refractivity contribution in [3.8, 4) is 0 Å². The number of halogens is 1. The molecule has 1 saturated heterocycles. The molecule has 1 aromatic heterocycles. The van der Waals surface area contributed by atoms with Crippen LogP contribution in [0.4, 0.5) is 15.9 Å². The SMILES string of the molecule is CC(=O)N1c2ccc(F)cc2[C@H](Nc2cccc(CN3CCOCC3)n2)[C@@H](C)[C@@H]1C1CC1. The zero-order valence-corrected chi connectivity index (χ0v) is 18.8. The Hall–Kier alpha value is -2.51. The molecule has 0 spiro atoms. The summed E-state index contributed by atoms with van der Waals surface area (Å²) in [5.74, 6) is 1.15. The van der Waals surface area contributed by atoms with Crippen molar-refractivity contribution in [3.05, 3.63) is 53.5 Å². The molecule has 7 heteroatoms. The Morgan fingerprint density at radius 1 is 1.22 bits per heavy atom. The minimum absolute atomic E-state index is 0.0192. The van der Waals surface area contributed by atoms with Crippen LogP contribution < -0.4 is 10.2 Å². The Morgan fingerprint density at radius 3 is 2.72 bits per heavy atom. The van der Waals surface area contributed by atoms with Gasteiger partial charge in [-0.2, -0.15) is 0 Å². The highest BCUT2D eigenvalue weighted by atomic mass is 19.1. The van der Waals surface area contributed by atoms with Crippen LogP contribution in [0.1, 0.15) is 44.0 Å². The lowest BCUT2D eigenvalue weighted by Gasteiger charge is -2.45. The molecule has 5 rings (SSSR count). The van der Waals surface area contributed by atoms with E-state index in [-0.39, 0.29) is 29.7 Å². The summed E-state index contributed by atoms with van der Waals surface area (Å²) in [6.45, 7) is 7.91. The summed E-state index contributed by atoms with van der Waals surface area (Å²) in [5.41, 5.74) is 2.64. The van der Waals surface area contributed by atoms with Crippen molar-refractivity contribution < 1.29 is 13.9 Å². The van der Waals surface area contributed by atoms with Crippen LogP contribution in [-0.2, 0) is 16.1 Å². The summed E-state index contributed by atoms with van der Waals surface area (Å²) in [6.07, 6.45) is 2.27. The third kappa shape index (κ3) is 4.24. The lowest BCUT2D eigenvalue weighted by Crippen LogP contribution is -2.51. The van der Waals surface area contributed by atoms with Crippen LogP contribution in [0.5, 0.6) is 0 Å². The van der Waals surface area contributed by atoms with Gasteiger partial charge in [-0.25, -0.2) is 9.37 Å². The molecule has 6 nitrogen and oxygen atoms in total. The average Bonchev–Trinajstić information content (AvgIpc) is 3.61. The molecule has 3 atom stereocenters. The summed E-state index contributed by atoms with van der Waals surface area (Å²) in [4.78, 5) is 21.7. The van der Waals surface area contributed by atoms with Gasteiger partial charge in [-0.05, 0) is 49.1 Å². The molecule has 2 fully saturated rings. The summed E-state index contributed by atoms with van der Waals surface area (Å²) in [7, 11) is 0. The molecule has 32 heavy (non-hydrogen) atoms. The second-order valence-electron chi connectivity index (χ2n) is 9.30. The number of fused-ring (bicyclic) bond motifs is 1. The van der Waals surface area contributed by atoms with Crippen LogP contribution in [0.2, 0.25) is 0 Å². The number of benzene rings is 1. The molecule has 1 aromatic carbocycles. The van der Waals surface area contributed by atoms with E-state index in [1.807, 2.05) is 23.1 Å². The van der Waals surface area contributed by atoms with Gasteiger partial charge in [-0.3, -0.25) is 9.69 Å². The molecule has 170 valence electrons. The number of nitrogens with one attached hydrogen (secondary N) is 1. The Kier molecular flexibility index (Phi) is 5.86. The van der Waals surface area contributed by atoms with Gasteiger partial charge in [0.25, 0.3) is 0 Å². The third-order valence-corrected chi connectivity index (χ3v) is 6.99. The Labute approximate surface area is 188 Å². The summed E-state index contributed by atoms with van der Waals surface area (Å²) in [6, 6.07) is 10.8. The maximum Gasteiger partial charge on any atom is 0.224 e. The predicted molar refractivity (Wildman–Crippen MR) is 122 cm³/mol. The second kappa shape index (κ2) is 8.79. The van der Waals surface area contributed by atoms with Crippen molar-refractivity contribution in [1.82, 2.24) is 9.88 Å². The van der Waals surface area contributed by atoms with E-state index in [2.05, 4.69) is 17.1 Å². The second-order valence-corrected chi connectivity index (χ2v) is 9.30. The largest absolute Gasteiger partial charge is 0.379 e. The maximum atomic E-state index is 14.3. The van der Waals surface area contributed by atoms with Gasteiger partial charge >= 0.3 is 0 Å². The van der Waals surface area contributed by atoms with Crippen molar-refractivity contribution in [2.24, 2.45) is 11.8 Å². The van der Waals surface area contributed by atoms with E-state index in [0.29, 0.717) is 5.92 Å². The first-order valence-corrected chi connectivity index (χ1v) is 11.6. The van der Waals surface area contributed by atoms with Crippen molar-refractivity contribution in [2.75, 3.05) is 36.5 Å². The number of hydrogen-bond donors (Lipinski definition) is 1. The smallest absolute Gasteiger partial charge is 0.224 e. The first-order chi connectivity index (χ1) is 15.5. The van der Waals surface area contributed by atoms with Crippen LogP contribution in [0, 0.1) is 17.7 Å². The average molecular weight is 439 g/mol. The Balaban J connectivity index is 1.45. The number of anilines is 2. The minimum Gasteiger partial charge on any atom is -0.379 e. The first kappa shape index (κ1) is 21.3. The van der Waals surface area contributed by atoms with Gasteiger partial charge < -0.3 is 15.0 Å². The van der Waals surface area contributed by atoms with E-state index < -0.39 is 0 Å². The topological polar surface area (TPSA) is 57.7 Å². The standard InChI is InChI=1S/C25H31FN4O2/c1-16-24(28-23-5-3-4-20(27-23)15-29-10-12-32-13-11-29)21-14-19(26)8-9-22(21)30(17(2)31)25(16)18-6-7-18/h3-5,8-9,14,16,18,24-25H,6-7,10-13,15H2,1-2H3,(H,27,28)/t16-,24-,25-/m1/s1. The molecular formula is C25H31FN4O2. The Bertz CT molecular complexity index is 990. The normalized spacial score (nSPS) is 26.0. The molecule has 1 N–H and O–H groups in total. The number of hydrogen-bond acceptors (Lipinski definition) is 5. The van der Waals surface area contributed by atoms with Crippen molar-refractivity contribution in [2.45, 2.75) is 45.3 Å². The van der Waals surface area contributed by atoms with Gasteiger partial charge in [0.2, 0.25) is 5.91 Å². The summed E-state index contributed by atoms with van der Waals surface area (Å²) in [5, 5.41) is 3.60. The molecule has 0 unspecified atom stereocenters. The van der Waals surface area contributed by atoms with E-state index in [1.54, 1.807) is 19.1 Å². The van der Waals surface area contributed by atoms with Gasteiger partial charge in [-0.1, -0.05) is 13.0 Å². The van der Waals surface area contributed by atoms with Crippen LogP contribution in [0.15, 0.2) is 36.4 Å². The van der Waals surface area contributed by atoms with Gasteiger partial charge in [-0.15, -0.1) is 0 Å². The molecule has 1 saturated carbocycles. The molecule has 0 radical (unpaired) electrons. The fourth-order valence-electron chi connectivity index (χ4n) is 5.33. The monoisotopic (exact) mass is 438 g/mol. The molecule has 3 aliphatic rings. The minimum atomic E-state index is -0.287. The number of rotatable bonds is 5. The predicted octanol–water partition coefficient (Wildman–Crippen LogP) is 3.99. The molecule has 1 amide bonds. The zero-order chi connectivity index (χ0) is 22.2. The van der Waals surface area contributed by atoms with E-state index in [4.69, 9.17) is 9.72 Å². The van der Waals surface area contributed by atoms with E-state index >= 15 is 0 Å². The van der Waals surface area contributed by atoms with Gasteiger partial charge in [0.1, 0.15) is 11.6 Å². The van der Waals surface area contributed by atoms with Crippen LogP contribution in [-0.4, -0.2) is 48.1 Å². The van der Waals surface area contributed by atoms with E-state index in [0.717, 1.165) is 68.5 Å². The number of morpholine rings is 1. The highest BCUT2D eigenvalue weighted by molar-refractivity contribution is 5.94. The highest BCUT2D eigenvalue weighted by Crippen LogP contribution is 2.50. The fraction of sp³-hybridized carbons (Fsp3) is 0.520. The fourth-order valence-corrected chi connectivity index (χ4v) is 5.33. The molecule has 0 bridgehead atoms. The van der Waals surface area contributed by atoms with Crippen molar-refractivity contribution in [1.29, 1.82) is 0 Å². The summed E-state index contributed by atoms with van der Waals surface area (Å²) >= 11 is 0. The van der Waals surface area contributed by atoms with E-state index in [9.17, 15) is 9.18 Å². The number of carbonyl (C=O) groups excluding carboxylic acids is 1. The zero-order valence-electron chi connectivity index (χ0n) is 18.8. The van der Waals surface area contributed by atoms with Gasteiger partial charge in [0.15, 0.2) is 0 Å². The molecule has 2 aromatic rings. The van der Waals surface area contributed by atoms with Crippen molar-refractivity contribution >= 4 is 17.4 Å². The lowest BCUT2D eigenvalue weighted by molar-refractivity contribution is -0.117. The van der Waals surface area contributed by atoms with Gasteiger partial charge in [0, 0.05) is 49.8 Å². The number of ether oxygens (including phenoxy) is 1. The van der Waals surface area contributed by atoms with E-state index in [1.165, 1.54) is 6.07 Å². The number of amides is 1. The lowest BCUT2D eigenvalue weighted by atomic mass is 9.80. The molecule has 2 aliphatic heterocycles. The summed E-state index contributed by atoms with van der Waals surface area (Å²) < 4.78 is 19.7. The first-order valence-electron chi connectivity index (χ1n) is 11.6. The van der Waals surface area contributed by atoms with Gasteiger partial charge in [0.05, 0.1) is 24.9 Å². The van der Waals surface area contributed by atoms with Crippen LogP contribution >= 0.6 is 0 Å². The quantitative estimate of drug-likeness (QED) is 0.765. The number of pyridine rings is 1. The number of aromatic nitrogens is 1. The van der Waals surface area contributed by atoms with Crippen LogP contribution in [0.25, 0.3) is 0 Å². The molecular weight excluding hydrogens is 407 g/mol. The highest BCUT2D eigenvalue weighted by Gasteiger charge is 2.47. The molecule has 1 aliphatic carbocycles. The number of carbonyl (C=O) groups is 1. The van der Waals surface area contributed by atoms with Crippen molar-refractivity contribution in [3.63, 3.8) is 0 Å². The maximum absolute atomic E-state index is 14.3.